The zero-order valence-corrected chi connectivity index (χ0v) is 14.5. The second-order valence-electron chi connectivity index (χ2n) is 5.78. The summed E-state index contributed by atoms with van der Waals surface area (Å²) in [5.74, 6) is 0. The Morgan fingerprint density at radius 1 is 1.26 bits per heavy atom. The van der Waals surface area contributed by atoms with Gasteiger partial charge in [0.25, 0.3) is 0 Å². The minimum Gasteiger partial charge on any atom is -0.334 e. The number of hydrogen-bond donors (Lipinski definition) is 1. The third-order valence-electron chi connectivity index (χ3n) is 4.16. The molecule has 0 aliphatic rings. The van der Waals surface area contributed by atoms with Crippen LogP contribution in [0.2, 0.25) is 0 Å². The van der Waals surface area contributed by atoms with E-state index in [1.807, 2.05) is 49.0 Å². The minimum atomic E-state index is -0.0490. The molecule has 0 aliphatic heterocycles. The summed E-state index contributed by atoms with van der Waals surface area (Å²) < 4.78 is 2.01. The third kappa shape index (κ3) is 4.34. The number of urea groups is 1. The van der Waals surface area contributed by atoms with E-state index in [0.29, 0.717) is 13.1 Å². The summed E-state index contributed by atoms with van der Waals surface area (Å²) in [5, 5.41) is 7.47. The van der Waals surface area contributed by atoms with Gasteiger partial charge in [0.15, 0.2) is 0 Å². The monoisotopic (exact) mass is 314 g/mol. The molecule has 0 bridgehead atoms. The molecule has 2 amide bonds. The summed E-state index contributed by atoms with van der Waals surface area (Å²) in [4.78, 5) is 13.9. The van der Waals surface area contributed by atoms with E-state index in [-0.39, 0.29) is 6.03 Å². The third-order valence-corrected chi connectivity index (χ3v) is 4.16. The van der Waals surface area contributed by atoms with Crippen LogP contribution in [-0.4, -0.2) is 34.3 Å². The highest BCUT2D eigenvalue weighted by atomic mass is 16.2. The van der Waals surface area contributed by atoms with Gasteiger partial charge in [-0.3, -0.25) is 4.68 Å². The predicted molar refractivity (Wildman–Crippen MR) is 92.4 cm³/mol. The molecule has 124 valence electrons. The van der Waals surface area contributed by atoms with Crippen LogP contribution in [0.15, 0.2) is 30.3 Å². The molecule has 0 fully saturated rings. The van der Waals surface area contributed by atoms with Crippen LogP contribution < -0.4 is 5.32 Å². The lowest BCUT2D eigenvalue weighted by Gasteiger charge is -2.18. The fourth-order valence-corrected chi connectivity index (χ4v) is 2.69. The fraction of sp³-hybridized carbons (Fsp3) is 0.444. The van der Waals surface area contributed by atoms with E-state index in [1.54, 1.807) is 4.90 Å². The molecule has 1 aromatic heterocycles. The molecule has 2 aromatic rings. The van der Waals surface area contributed by atoms with Crippen LogP contribution >= 0.6 is 0 Å². The molecular formula is C18H26N4O. The molecule has 0 saturated carbocycles. The Bertz CT molecular complexity index is 649. The SMILES string of the molecule is CCn1nc(C)c(CCN(C)C(=O)NCc2ccccc2)c1C. The van der Waals surface area contributed by atoms with Crippen LogP contribution in [0.25, 0.3) is 0 Å². The largest absolute Gasteiger partial charge is 0.334 e. The van der Waals surface area contributed by atoms with Crippen molar-refractivity contribution in [1.82, 2.24) is 20.0 Å². The molecule has 1 N–H and O–H groups in total. The maximum atomic E-state index is 12.2. The summed E-state index contributed by atoms with van der Waals surface area (Å²) in [6.45, 7) is 8.32. The number of aryl methyl sites for hydroxylation is 2. The first-order valence-corrected chi connectivity index (χ1v) is 8.08. The van der Waals surface area contributed by atoms with E-state index < -0.39 is 0 Å². The molecule has 0 unspecified atom stereocenters. The van der Waals surface area contributed by atoms with Gasteiger partial charge in [0.1, 0.15) is 0 Å². The van der Waals surface area contributed by atoms with E-state index in [9.17, 15) is 4.79 Å². The molecule has 0 saturated heterocycles. The summed E-state index contributed by atoms with van der Waals surface area (Å²) in [6, 6.07) is 9.88. The molecule has 1 heterocycles. The maximum absolute atomic E-state index is 12.2. The highest BCUT2D eigenvalue weighted by Gasteiger charge is 2.13. The Labute approximate surface area is 138 Å². The van der Waals surface area contributed by atoms with Crippen molar-refractivity contribution in [2.45, 2.75) is 40.3 Å². The number of nitrogens with zero attached hydrogens (tertiary/aromatic N) is 3. The number of likely N-dealkylation sites (N-methyl/N-ethyl adjacent to an activating group) is 1. The van der Waals surface area contributed by atoms with Gasteiger partial charge in [0, 0.05) is 32.4 Å². The molecule has 2 rings (SSSR count). The molecule has 0 radical (unpaired) electrons. The van der Waals surface area contributed by atoms with Gasteiger partial charge in [0.05, 0.1) is 5.69 Å². The normalized spacial score (nSPS) is 10.6. The number of carbonyl (C=O) groups excluding carboxylic acids is 1. The molecule has 0 aliphatic carbocycles. The maximum Gasteiger partial charge on any atom is 0.317 e. The van der Waals surface area contributed by atoms with Crippen molar-refractivity contribution in [1.29, 1.82) is 0 Å². The van der Waals surface area contributed by atoms with Crippen LogP contribution in [0.3, 0.4) is 0 Å². The molecule has 23 heavy (non-hydrogen) atoms. The number of aromatic nitrogens is 2. The average molecular weight is 314 g/mol. The summed E-state index contributed by atoms with van der Waals surface area (Å²) in [5.41, 5.74) is 4.60. The quantitative estimate of drug-likeness (QED) is 0.891. The Morgan fingerprint density at radius 3 is 2.57 bits per heavy atom. The van der Waals surface area contributed by atoms with Gasteiger partial charge in [-0.1, -0.05) is 30.3 Å². The van der Waals surface area contributed by atoms with Gasteiger partial charge in [-0.05, 0) is 38.3 Å². The highest BCUT2D eigenvalue weighted by molar-refractivity contribution is 5.73. The first-order valence-electron chi connectivity index (χ1n) is 8.08. The molecule has 0 atom stereocenters. The first kappa shape index (κ1) is 17.1. The van der Waals surface area contributed by atoms with Crippen molar-refractivity contribution in [3.63, 3.8) is 0 Å². The molecule has 0 spiro atoms. The summed E-state index contributed by atoms with van der Waals surface area (Å²) in [7, 11) is 1.83. The van der Waals surface area contributed by atoms with Gasteiger partial charge < -0.3 is 10.2 Å². The smallest absolute Gasteiger partial charge is 0.317 e. The van der Waals surface area contributed by atoms with Crippen molar-refractivity contribution < 1.29 is 4.79 Å². The number of rotatable bonds is 6. The Morgan fingerprint density at radius 2 is 1.96 bits per heavy atom. The summed E-state index contributed by atoms with van der Waals surface area (Å²) in [6.07, 6.45) is 0.826. The van der Waals surface area contributed by atoms with Gasteiger partial charge in [-0.15, -0.1) is 0 Å². The first-order chi connectivity index (χ1) is 11.0. The van der Waals surface area contributed by atoms with Gasteiger partial charge in [-0.2, -0.15) is 5.10 Å². The van der Waals surface area contributed by atoms with Crippen LogP contribution in [0.5, 0.6) is 0 Å². The molecule has 5 heteroatoms. The van der Waals surface area contributed by atoms with Crippen molar-refractivity contribution in [3.8, 4) is 0 Å². The van der Waals surface area contributed by atoms with E-state index in [4.69, 9.17) is 0 Å². The summed E-state index contributed by atoms with van der Waals surface area (Å²) >= 11 is 0. The van der Waals surface area contributed by atoms with E-state index >= 15 is 0 Å². The number of amides is 2. The minimum absolute atomic E-state index is 0.0490. The lowest BCUT2D eigenvalue weighted by molar-refractivity contribution is 0.209. The fourth-order valence-electron chi connectivity index (χ4n) is 2.69. The Kier molecular flexibility index (Phi) is 5.79. The van der Waals surface area contributed by atoms with E-state index in [2.05, 4.69) is 24.3 Å². The van der Waals surface area contributed by atoms with Crippen molar-refractivity contribution >= 4 is 6.03 Å². The topological polar surface area (TPSA) is 50.2 Å². The number of hydrogen-bond acceptors (Lipinski definition) is 2. The standard InChI is InChI=1S/C18H26N4O/c1-5-22-15(3)17(14(2)20-22)11-12-21(4)18(23)19-13-16-9-7-6-8-10-16/h6-10H,5,11-13H2,1-4H3,(H,19,23). The molecule has 1 aromatic carbocycles. The predicted octanol–water partition coefficient (Wildman–Crippen LogP) is 2.90. The van der Waals surface area contributed by atoms with Crippen LogP contribution in [0.1, 0.15) is 29.4 Å². The van der Waals surface area contributed by atoms with Gasteiger partial charge in [0.2, 0.25) is 0 Å². The van der Waals surface area contributed by atoms with Gasteiger partial charge in [-0.25, -0.2) is 4.79 Å². The molecular weight excluding hydrogens is 288 g/mol. The van der Waals surface area contributed by atoms with Crippen LogP contribution in [-0.2, 0) is 19.5 Å². The van der Waals surface area contributed by atoms with E-state index in [0.717, 1.165) is 24.2 Å². The highest BCUT2D eigenvalue weighted by Crippen LogP contribution is 2.14. The number of carbonyl (C=O) groups is 1. The Hall–Kier alpha value is -2.30. The van der Waals surface area contributed by atoms with Gasteiger partial charge >= 0.3 is 6.03 Å². The van der Waals surface area contributed by atoms with Crippen LogP contribution in [0.4, 0.5) is 4.79 Å². The number of nitrogens with one attached hydrogen (secondary N) is 1. The van der Waals surface area contributed by atoms with Crippen molar-refractivity contribution in [3.05, 3.63) is 52.8 Å². The zero-order valence-electron chi connectivity index (χ0n) is 14.5. The lowest BCUT2D eigenvalue weighted by atomic mass is 10.1. The Balaban J connectivity index is 1.85. The second-order valence-corrected chi connectivity index (χ2v) is 5.78. The molecule has 5 nitrogen and oxygen atoms in total. The average Bonchev–Trinajstić information content (AvgIpc) is 2.85. The van der Waals surface area contributed by atoms with Crippen molar-refractivity contribution in [2.24, 2.45) is 0 Å². The second kappa shape index (κ2) is 7.81. The lowest BCUT2D eigenvalue weighted by Crippen LogP contribution is -2.38. The van der Waals surface area contributed by atoms with E-state index in [1.165, 1.54) is 11.3 Å². The number of benzene rings is 1. The zero-order chi connectivity index (χ0) is 16.8. The van der Waals surface area contributed by atoms with Crippen LogP contribution in [0, 0.1) is 13.8 Å². The van der Waals surface area contributed by atoms with Crippen molar-refractivity contribution in [2.75, 3.05) is 13.6 Å².